The molecular weight excluding hydrogens is 472 g/mol. The Morgan fingerprint density at radius 1 is 1.03 bits per heavy atom. The summed E-state index contributed by atoms with van der Waals surface area (Å²) < 4.78 is 12.7. The Morgan fingerprint density at radius 2 is 1.74 bits per heavy atom. The average Bonchev–Trinajstić information content (AvgIpc) is 2.88. The Morgan fingerprint density at radius 3 is 2.37 bits per heavy atom. The lowest BCUT2D eigenvalue weighted by Crippen LogP contribution is -2.35. The minimum Gasteiger partial charge on any atom is -0.482 e. The lowest BCUT2D eigenvalue weighted by Gasteiger charge is -2.42. The van der Waals surface area contributed by atoms with E-state index in [0.29, 0.717) is 5.75 Å². The molecule has 0 spiro atoms. The molecule has 3 aromatic rings. The van der Waals surface area contributed by atoms with Crippen molar-refractivity contribution in [1.82, 2.24) is 0 Å². The first kappa shape index (κ1) is 27.7. The Labute approximate surface area is 227 Å². The Bertz CT molecular complexity index is 1310. The fourth-order valence-corrected chi connectivity index (χ4v) is 5.83. The second-order valence-corrected chi connectivity index (χ2v) is 11.3. The molecule has 0 amide bonds. The quantitative estimate of drug-likeness (QED) is 0.312. The van der Waals surface area contributed by atoms with Crippen LogP contribution in [0.3, 0.4) is 0 Å². The van der Waals surface area contributed by atoms with Crippen LogP contribution in [-0.4, -0.2) is 23.8 Å². The van der Waals surface area contributed by atoms with E-state index in [1.165, 1.54) is 22.3 Å². The Hall–Kier alpha value is -3.37. The molecule has 4 rings (SSSR count). The van der Waals surface area contributed by atoms with Crippen LogP contribution in [0.5, 0.6) is 5.75 Å². The van der Waals surface area contributed by atoms with Gasteiger partial charge < -0.3 is 14.6 Å². The van der Waals surface area contributed by atoms with E-state index in [-0.39, 0.29) is 29.5 Å². The van der Waals surface area contributed by atoms with Gasteiger partial charge in [0, 0.05) is 22.8 Å². The van der Waals surface area contributed by atoms with Crippen molar-refractivity contribution in [3.8, 4) is 5.75 Å². The molecule has 4 atom stereocenters. The monoisotopic (exact) mass is 512 g/mol. The number of carbonyl (C=O) groups is 1. The van der Waals surface area contributed by atoms with Crippen LogP contribution in [0.2, 0.25) is 0 Å². The standard InChI is InChI=1S/C34H40O4/c1-21(2)28-19-29(27-15-13-22(3)17-23(27)4)24(5)38-33(28)30-18-26(14-16-31(30)37-20-32(35)36)34(6,7)25-11-9-8-10-12-25/h8-18,24,28-29,33H,1,19-20H2,2-7H3,(H,35,36)/t24-,28+,29-,33-/m0/s1. The van der Waals surface area contributed by atoms with E-state index >= 15 is 0 Å². The summed E-state index contributed by atoms with van der Waals surface area (Å²) >= 11 is 0. The Kier molecular flexibility index (Phi) is 8.13. The molecule has 4 heteroatoms. The molecule has 1 aliphatic heterocycles. The topological polar surface area (TPSA) is 55.8 Å². The third-order valence-corrected chi connectivity index (χ3v) is 8.14. The van der Waals surface area contributed by atoms with Crippen molar-refractivity contribution >= 4 is 5.97 Å². The van der Waals surface area contributed by atoms with Gasteiger partial charge in [-0.05, 0) is 68.5 Å². The summed E-state index contributed by atoms with van der Waals surface area (Å²) in [5.74, 6) is -0.164. The number of rotatable bonds is 8. The van der Waals surface area contributed by atoms with Crippen LogP contribution in [-0.2, 0) is 14.9 Å². The molecule has 38 heavy (non-hydrogen) atoms. The van der Waals surface area contributed by atoms with Crippen LogP contribution in [0.15, 0.2) is 78.9 Å². The zero-order chi connectivity index (χ0) is 27.6. The van der Waals surface area contributed by atoms with Gasteiger partial charge >= 0.3 is 5.97 Å². The van der Waals surface area contributed by atoms with E-state index < -0.39 is 12.6 Å². The summed E-state index contributed by atoms with van der Waals surface area (Å²) in [5.41, 5.74) is 7.84. The molecule has 4 nitrogen and oxygen atoms in total. The molecule has 0 aliphatic carbocycles. The maximum Gasteiger partial charge on any atom is 0.341 e. The van der Waals surface area contributed by atoms with Gasteiger partial charge in [0.1, 0.15) is 5.75 Å². The first-order chi connectivity index (χ1) is 18.0. The van der Waals surface area contributed by atoms with Crippen LogP contribution >= 0.6 is 0 Å². The molecule has 1 heterocycles. The molecule has 0 unspecified atom stereocenters. The summed E-state index contributed by atoms with van der Waals surface area (Å²) in [6, 6.07) is 23.1. The number of carboxylic acid groups (broad SMARTS) is 1. The lowest BCUT2D eigenvalue weighted by molar-refractivity contribution is -0.139. The van der Waals surface area contributed by atoms with E-state index in [1.807, 2.05) is 18.2 Å². The molecule has 1 fully saturated rings. The highest BCUT2D eigenvalue weighted by molar-refractivity contribution is 5.68. The van der Waals surface area contributed by atoms with Crippen LogP contribution in [0.4, 0.5) is 0 Å². The average molecular weight is 513 g/mol. The molecule has 1 N–H and O–H groups in total. The molecule has 0 saturated carbocycles. The van der Waals surface area contributed by atoms with Crippen molar-refractivity contribution < 1.29 is 19.4 Å². The number of aliphatic carboxylic acids is 1. The van der Waals surface area contributed by atoms with Gasteiger partial charge in [-0.2, -0.15) is 0 Å². The maximum atomic E-state index is 11.4. The molecule has 0 aromatic heterocycles. The van der Waals surface area contributed by atoms with Gasteiger partial charge in [0.25, 0.3) is 0 Å². The summed E-state index contributed by atoms with van der Waals surface area (Å²) in [7, 11) is 0. The van der Waals surface area contributed by atoms with Crippen molar-refractivity contribution in [3.63, 3.8) is 0 Å². The van der Waals surface area contributed by atoms with Crippen LogP contribution in [0, 0.1) is 19.8 Å². The van der Waals surface area contributed by atoms with Crippen molar-refractivity contribution in [2.45, 2.75) is 71.5 Å². The van der Waals surface area contributed by atoms with Gasteiger partial charge in [-0.3, -0.25) is 0 Å². The highest BCUT2D eigenvalue weighted by atomic mass is 16.5. The number of aryl methyl sites for hydroxylation is 2. The largest absolute Gasteiger partial charge is 0.482 e. The highest BCUT2D eigenvalue weighted by Gasteiger charge is 2.40. The van der Waals surface area contributed by atoms with Crippen molar-refractivity contribution in [2.24, 2.45) is 5.92 Å². The summed E-state index contributed by atoms with van der Waals surface area (Å²) in [6.45, 7) is 16.8. The number of benzene rings is 3. The predicted octanol–water partition coefficient (Wildman–Crippen LogP) is 7.92. The molecule has 200 valence electrons. The number of ether oxygens (including phenoxy) is 2. The van der Waals surface area contributed by atoms with Crippen LogP contribution in [0.25, 0.3) is 0 Å². The second kappa shape index (κ2) is 11.2. The van der Waals surface area contributed by atoms with Gasteiger partial charge in [0.05, 0.1) is 12.2 Å². The zero-order valence-corrected chi connectivity index (χ0v) is 23.5. The second-order valence-electron chi connectivity index (χ2n) is 11.3. The molecule has 3 aromatic carbocycles. The minimum atomic E-state index is -1.01. The first-order valence-electron chi connectivity index (χ1n) is 13.4. The fourth-order valence-electron chi connectivity index (χ4n) is 5.83. The number of hydrogen-bond acceptors (Lipinski definition) is 3. The lowest BCUT2D eigenvalue weighted by atomic mass is 9.73. The fraction of sp³-hybridized carbons (Fsp3) is 0.382. The predicted molar refractivity (Wildman–Crippen MR) is 153 cm³/mol. The number of hydrogen-bond donors (Lipinski definition) is 1. The maximum absolute atomic E-state index is 11.4. The van der Waals surface area contributed by atoms with E-state index in [2.05, 4.69) is 96.7 Å². The highest BCUT2D eigenvalue weighted by Crippen LogP contribution is 2.49. The molecule has 0 radical (unpaired) electrons. The Balaban J connectivity index is 1.77. The van der Waals surface area contributed by atoms with Gasteiger partial charge in [0.2, 0.25) is 0 Å². The van der Waals surface area contributed by atoms with E-state index in [0.717, 1.165) is 23.1 Å². The summed E-state index contributed by atoms with van der Waals surface area (Å²) in [4.78, 5) is 11.4. The van der Waals surface area contributed by atoms with Crippen LogP contribution in [0.1, 0.15) is 79.5 Å². The molecular formula is C34H40O4. The normalized spacial score (nSPS) is 21.6. The third kappa shape index (κ3) is 5.71. The zero-order valence-electron chi connectivity index (χ0n) is 23.5. The van der Waals surface area contributed by atoms with Crippen molar-refractivity contribution in [3.05, 3.63) is 112 Å². The van der Waals surface area contributed by atoms with Gasteiger partial charge in [-0.25, -0.2) is 4.79 Å². The SMILES string of the molecule is C=C(C)[C@H]1C[C@H](c2ccc(C)cc2C)[C@H](C)O[C@@H]1c1cc(C(C)(C)c2ccccc2)ccc1OCC(=O)O. The molecule has 1 aliphatic rings. The third-order valence-electron chi connectivity index (χ3n) is 8.14. The van der Waals surface area contributed by atoms with Crippen LogP contribution < -0.4 is 4.74 Å². The molecule has 1 saturated heterocycles. The minimum absolute atomic E-state index is 0.0323. The van der Waals surface area contributed by atoms with E-state index in [4.69, 9.17) is 9.47 Å². The first-order valence-corrected chi connectivity index (χ1v) is 13.4. The number of carboxylic acids is 1. The van der Waals surface area contributed by atoms with Gasteiger partial charge in [0.15, 0.2) is 6.61 Å². The summed E-state index contributed by atoms with van der Waals surface area (Å²) in [5, 5.41) is 9.33. The van der Waals surface area contributed by atoms with Crippen molar-refractivity contribution in [1.29, 1.82) is 0 Å². The smallest absolute Gasteiger partial charge is 0.341 e. The summed E-state index contributed by atoms with van der Waals surface area (Å²) in [6.07, 6.45) is 0.574. The van der Waals surface area contributed by atoms with E-state index in [1.54, 1.807) is 0 Å². The van der Waals surface area contributed by atoms with Gasteiger partial charge in [-0.1, -0.05) is 86.2 Å². The van der Waals surface area contributed by atoms with E-state index in [9.17, 15) is 9.90 Å². The molecule has 0 bridgehead atoms. The van der Waals surface area contributed by atoms with Crippen molar-refractivity contribution in [2.75, 3.05) is 6.61 Å². The van der Waals surface area contributed by atoms with Gasteiger partial charge in [-0.15, -0.1) is 0 Å².